The highest BCUT2D eigenvalue weighted by atomic mass is 79.9. The van der Waals surface area contributed by atoms with Crippen LogP contribution in [0.15, 0.2) is 71.2 Å². The highest BCUT2D eigenvalue weighted by molar-refractivity contribution is 9.10. The molecule has 1 atom stereocenters. The van der Waals surface area contributed by atoms with Crippen LogP contribution in [0.2, 0.25) is 0 Å². The fraction of sp³-hybridized carbons (Fsp3) is 0.182. The Hall–Kier alpha value is -1.91. The summed E-state index contributed by atoms with van der Waals surface area (Å²) in [5, 5.41) is 3.39. The molecule has 0 aliphatic heterocycles. The zero-order valence-electron chi connectivity index (χ0n) is 15.7. The first-order valence-corrected chi connectivity index (χ1v) is 11.4. The zero-order chi connectivity index (χ0) is 19.7. The Morgan fingerprint density at radius 1 is 0.929 bits per heavy atom. The number of rotatable bonds is 6. The average molecular weight is 458 g/mol. The van der Waals surface area contributed by atoms with Crippen LogP contribution in [0.5, 0.6) is 0 Å². The van der Waals surface area contributed by atoms with E-state index in [4.69, 9.17) is 9.05 Å². The highest BCUT2D eigenvalue weighted by Gasteiger charge is 2.35. The van der Waals surface area contributed by atoms with Crippen molar-refractivity contribution in [1.82, 2.24) is 0 Å². The van der Waals surface area contributed by atoms with Gasteiger partial charge in [0.2, 0.25) is 0 Å². The summed E-state index contributed by atoms with van der Waals surface area (Å²) in [4.78, 5) is 0. The van der Waals surface area contributed by atoms with Crippen molar-refractivity contribution < 1.29 is 13.6 Å². The molecule has 4 rings (SSSR count). The number of fused-ring (bicyclic) bond motifs is 3. The highest BCUT2D eigenvalue weighted by Crippen LogP contribution is 2.59. The molecule has 0 saturated carbocycles. The maximum Gasteiger partial charge on any atom is 0.356 e. The molecule has 0 bridgehead atoms. The Balaban J connectivity index is 1.69. The summed E-state index contributed by atoms with van der Waals surface area (Å²) in [7, 11) is -0.571. The third-order valence-electron chi connectivity index (χ3n) is 5.11. The van der Waals surface area contributed by atoms with Gasteiger partial charge in [-0.1, -0.05) is 58.4 Å². The zero-order valence-corrected chi connectivity index (χ0v) is 18.2. The lowest BCUT2D eigenvalue weighted by Crippen LogP contribution is -2.13. The van der Waals surface area contributed by atoms with Crippen LogP contribution in [0.3, 0.4) is 0 Å². The standard InChI is InChI=1S/C22H21BrNO3P/c1-26-28(25,27-2)22(15-7-9-18(23)10-8-15)24-19-11-12-21-17(14-19)13-16-5-3-4-6-20(16)21/h3-12,14,22,24H,13H2,1-2H3. The molecule has 0 radical (unpaired) electrons. The Morgan fingerprint density at radius 2 is 1.61 bits per heavy atom. The van der Waals surface area contributed by atoms with Crippen LogP contribution in [0.25, 0.3) is 11.1 Å². The fourth-order valence-corrected chi connectivity index (χ4v) is 5.35. The summed E-state index contributed by atoms with van der Waals surface area (Å²) in [6, 6.07) is 22.4. The second kappa shape index (κ2) is 7.84. The number of hydrogen-bond donors (Lipinski definition) is 1. The molecular weight excluding hydrogens is 437 g/mol. The van der Waals surface area contributed by atoms with Crippen molar-refractivity contribution >= 4 is 29.2 Å². The van der Waals surface area contributed by atoms with E-state index in [1.807, 2.05) is 30.3 Å². The van der Waals surface area contributed by atoms with Crippen molar-refractivity contribution in [2.75, 3.05) is 19.5 Å². The van der Waals surface area contributed by atoms with E-state index in [2.05, 4.69) is 57.6 Å². The summed E-state index contributed by atoms with van der Waals surface area (Å²) in [5.74, 6) is -0.613. The summed E-state index contributed by atoms with van der Waals surface area (Å²) >= 11 is 3.44. The lowest BCUT2D eigenvalue weighted by molar-refractivity contribution is 0.268. The van der Waals surface area contributed by atoms with Crippen molar-refractivity contribution in [2.24, 2.45) is 0 Å². The molecule has 4 nitrogen and oxygen atoms in total. The molecule has 6 heteroatoms. The minimum absolute atomic E-state index is 0.613. The van der Waals surface area contributed by atoms with Crippen molar-refractivity contribution in [3.63, 3.8) is 0 Å². The Labute approximate surface area is 173 Å². The third-order valence-corrected chi connectivity index (χ3v) is 7.71. The van der Waals surface area contributed by atoms with Gasteiger partial charge in [0, 0.05) is 24.4 Å². The van der Waals surface area contributed by atoms with E-state index in [-0.39, 0.29) is 0 Å². The van der Waals surface area contributed by atoms with Gasteiger partial charge in [-0.15, -0.1) is 0 Å². The van der Waals surface area contributed by atoms with Crippen LogP contribution in [0.4, 0.5) is 5.69 Å². The normalized spacial score (nSPS) is 13.7. The molecular formula is C22H21BrNO3P. The fourth-order valence-electron chi connectivity index (χ4n) is 3.67. The monoisotopic (exact) mass is 457 g/mol. The van der Waals surface area contributed by atoms with Gasteiger partial charge in [-0.25, -0.2) is 0 Å². The average Bonchev–Trinajstić information content (AvgIpc) is 3.10. The van der Waals surface area contributed by atoms with E-state index in [0.29, 0.717) is 0 Å². The van der Waals surface area contributed by atoms with Crippen LogP contribution >= 0.6 is 23.5 Å². The molecule has 0 saturated heterocycles. The molecule has 1 aliphatic carbocycles. The van der Waals surface area contributed by atoms with E-state index in [1.165, 1.54) is 36.5 Å². The molecule has 3 aromatic rings. The van der Waals surface area contributed by atoms with E-state index >= 15 is 0 Å². The Bertz CT molecular complexity index is 1040. The predicted octanol–water partition coefficient (Wildman–Crippen LogP) is 6.62. The second-order valence-electron chi connectivity index (χ2n) is 6.71. The number of halogens is 1. The van der Waals surface area contributed by atoms with Crippen molar-refractivity contribution in [3.8, 4) is 11.1 Å². The van der Waals surface area contributed by atoms with Gasteiger partial charge in [-0.05, 0) is 58.5 Å². The quantitative estimate of drug-likeness (QED) is 0.330. The second-order valence-corrected chi connectivity index (χ2v) is 9.95. The van der Waals surface area contributed by atoms with Gasteiger partial charge < -0.3 is 14.4 Å². The molecule has 0 spiro atoms. The van der Waals surface area contributed by atoms with Gasteiger partial charge in [-0.2, -0.15) is 0 Å². The van der Waals surface area contributed by atoms with Gasteiger partial charge in [0.1, 0.15) is 0 Å². The molecule has 1 aliphatic rings. The maximum atomic E-state index is 13.2. The number of hydrogen-bond acceptors (Lipinski definition) is 4. The van der Waals surface area contributed by atoms with E-state index < -0.39 is 13.4 Å². The van der Waals surface area contributed by atoms with Gasteiger partial charge in [-0.3, -0.25) is 4.57 Å². The first-order valence-electron chi connectivity index (χ1n) is 8.98. The minimum atomic E-state index is -3.40. The largest absolute Gasteiger partial charge is 0.368 e. The van der Waals surface area contributed by atoms with Crippen LogP contribution in [-0.2, 0) is 20.0 Å². The number of nitrogens with one attached hydrogen (secondary N) is 1. The summed E-state index contributed by atoms with van der Waals surface area (Å²) in [6.45, 7) is 0. The lowest BCUT2D eigenvalue weighted by Gasteiger charge is -2.26. The van der Waals surface area contributed by atoms with E-state index in [0.717, 1.165) is 22.1 Å². The van der Waals surface area contributed by atoms with Crippen LogP contribution < -0.4 is 5.32 Å². The summed E-state index contributed by atoms with van der Waals surface area (Å²) in [5.41, 5.74) is 6.84. The van der Waals surface area contributed by atoms with Crippen LogP contribution in [-0.4, -0.2) is 14.2 Å². The smallest absolute Gasteiger partial charge is 0.356 e. The minimum Gasteiger partial charge on any atom is -0.368 e. The Morgan fingerprint density at radius 3 is 2.32 bits per heavy atom. The molecule has 0 aromatic heterocycles. The summed E-state index contributed by atoms with van der Waals surface area (Å²) in [6.07, 6.45) is 0.899. The van der Waals surface area contributed by atoms with Gasteiger partial charge >= 0.3 is 7.60 Å². The molecule has 0 fully saturated rings. The molecule has 0 heterocycles. The molecule has 144 valence electrons. The predicted molar refractivity (Wildman–Crippen MR) is 117 cm³/mol. The molecule has 1 unspecified atom stereocenters. The van der Waals surface area contributed by atoms with Gasteiger partial charge in [0.05, 0.1) is 0 Å². The molecule has 0 amide bonds. The molecule has 3 aromatic carbocycles. The van der Waals surface area contributed by atoms with E-state index in [1.54, 1.807) is 0 Å². The first-order chi connectivity index (χ1) is 13.5. The third kappa shape index (κ3) is 3.56. The lowest BCUT2D eigenvalue weighted by atomic mass is 10.1. The van der Waals surface area contributed by atoms with Gasteiger partial charge in [0.25, 0.3) is 0 Å². The summed E-state index contributed by atoms with van der Waals surface area (Å²) < 4.78 is 24.8. The van der Waals surface area contributed by atoms with Crippen molar-refractivity contribution in [1.29, 1.82) is 0 Å². The molecule has 28 heavy (non-hydrogen) atoms. The SMILES string of the molecule is COP(=O)(OC)C(Nc1ccc2c(c1)Cc1ccccc1-2)c1ccc(Br)cc1. The van der Waals surface area contributed by atoms with Gasteiger partial charge in [0.15, 0.2) is 5.78 Å². The maximum absolute atomic E-state index is 13.2. The number of benzene rings is 3. The topological polar surface area (TPSA) is 47.6 Å². The molecule has 1 N–H and O–H groups in total. The van der Waals surface area contributed by atoms with E-state index in [9.17, 15) is 4.57 Å². The first kappa shape index (κ1) is 19.4. The van der Waals surface area contributed by atoms with Crippen molar-refractivity contribution in [3.05, 3.63) is 87.9 Å². The van der Waals surface area contributed by atoms with Crippen LogP contribution in [0, 0.1) is 0 Å². The van der Waals surface area contributed by atoms with Crippen LogP contribution in [0.1, 0.15) is 22.5 Å². The van der Waals surface area contributed by atoms with Crippen molar-refractivity contribution in [2.45, 2.75) is 12.2 Å². The Kier molecular flexibility index (Phi) is 5.44. The number of anilines is 1.